The van der Waals surface area contributed by atoms with Gasteiger partial charge in [-0.1, -0.05) is 36.4 Å². The molecule has 0 saturated heterocycles. The molecule has 134 valence electrons. The third-order valence-corrected chi connectivity index (χ3v) is 4.44. The number of rotatable bonds is 4. The lowest BCUT2D eigenvalue weighted by Crippen LogP contribution is -2.05. The lowest BCUT2D eigenvalue weighted by molar-refractivity contribution is 0.0696. The van der Waals surface area contributed by atoms with Crippen molar-refractivity contribution in [3.05, 3.63) is 82.9 Å². The Morgan fingerprint density at radius 2 is 1.59 bits per heavy atom. The van der Waals surface area contributed by atoms with E-state index in [-0.39, 0.29) is 11.3 Å². The standard InChI is InChI=1S/C21H17N3O3/c1-13-10-15(12-14-6-2-3-7-16(14)21(26)27)20(25)19(11-13)24-22-17-8-4-5-9-18(17)23-24/h2-11,25H,12H2,1H3,(H,26,27). The number of aromatic hydroxyl groups is 1. The number of hydrogen-bond donors (Lipinski definition) is 2. The van der Waals surface area contributed by atoms with Crippen molar-refractivity contribution < 1.29 is 15.0 Å². The molecule has 0 spiro atoms. The predicted molar refractivity (Wildman–Crippen MR) is 101 cm³/mol. The van der Waals surface area contributed by atoms with E-state index in [0.717, 1.165) is 16.6 Å². The largest absolute Gasteiger partial charge is 0.505 e. The highest BCUT2D eigenvalue weighted by Gasteiger charge is 2.16. The normalized spacial score (nSPS) is 11.0. The molecule has 4 rings (SSSR count). The molecule has 6 nitrogen and oxygen atoms in total. The van der Waals surface area contributed by atoms with Gasteiger partial charge in [0.05, 0.1) is 5.56 Å². The number of carboxylic acid groups (broad SMARTS) is 1. The summed E-state index contributed by atoms with van der Waals surface area (Å²) in [7, 11) is 0. The number of aryl methyl sites for hydroxylation is 1. The van der Waals surface area contributed by atoms with Crippen molar-refractivity contribution in [1.82, 2.24) is 15.0 Å². The maximum atomic E-state index is 11.5. The van der Waals surface area contributed by atoms with E-state index in [2.05, 4.69) is 10.2 Å². The molecule has 4 aromatic rings. The lowest BCUT2D eigenvalue weighted by Gasteiger charge is -2.12. The number of aromatic carboxylic acids is 1. The molecule has 1 aromatic heterocycles. The monoisotopic (exact) mass is 359 g/mol. The van der Waals surface area contributed by atoms with Crippen molar-refractivity contribution in [2.45, 2.75) is 13.3 Å². The van der Waals surface area contributed by atoms with E-state index < -0.39 is 5.97 Å². The van der Waals surface area contributed by atoms with Crippen molar-refractivity contribution in [2.75, 3.05) is 0 Å². The van der Waals surface area contributed by atoms with Gasteiger partial charge in [0.2, 0.25) is 0 Å². The van der Waals surface area contributed by atoms with Gasteiger partial charge < -0.3 is 10.2 Å². The number of carboxylic acids is 1. The van der Waals surface area contributed by atoms with Crippen molar-refractivity contribution >= 4 is 17.0 Å². The van der Waals surface area contributed by atoms with Crippen LogP contribution in [0.5, 0.6) is 5.75 Å². The smallest absolute Gasteiger partial charge is 0.335 e. The first-order valence-electron chi connectivity index (χ1n) is 8.49. The Hall–Kier alpha value is -3.67. The first kappa shape index (κ1) is 16.8. The first-order chi connectivity index (χ1) is 13.0. The molecule has 0 unspecified atom stereocenters. The number of phenolic OH excluding ortho intramolecular Hbond substituents is 1. The van der Waals surface area contributed by atoms with Crippen LogP contribution in [0, 0.1) is 6.92 Å². The molecule has 6 heteroatoms. The van der Waals surface area contributed by atoms with Gasteiger partial charge in [-0.3, -0.25) is 0 Å². The minimum atomic E-state index is -0.988. The molecule has 0 saturated carbocycles. The summed E-state index contributed by atoms with van der Waals surface area (Å²) < 4.78 is 0. The number of carbonyl (C=O) groups is 1. The maximum absolute atomic E-state index is 11.5. The number of fused-ring (bicyclic) bond motifs is 1. The van der Waals surface area contributed by atoms with E-state index in [1.54, 1.807) is 30.3 Å². The molecule has 0 atom stereocenters. The maximum Gasteiger partial charge on any atom is 0.335 e. The Labute approximate surface area is 155 Å². The highest BCUT2D eigenvalue weighted by Crippen LogP contribution is 2.30. The van der Waals surface area contributed by atoms with Gasteiger partial charge in [0, 0.05) is 12.0 Å². The number of benzene rings is 3. The minimum absolute atomic E-state index is 0.0427. The fraction of sp³-hybridized carbons (Fsp3) is 0.0952. The number of hydrogen-bond acceptors (Lipinski definition) is 4. The quantitative estimate of drug-likeness (QED) is 0.580. The van der Waals surface area contributed by atoms with Crippen LogP contribution in [0.25, 0.3) is 16.7 Å². The highest BCUT2D eigenvalue weighted by molar-refractivity contribution is 5.89. The predicted octanol–water partition coefficient (Wildman–Crippen LogP) is 3.72. The lowest BCUT2D eigenvalue weighted by atomic mass is 9.97. The van der Waals surface area contributed by atoms with E-state index in [9.17, 15) is 15.0 Å². The average Bonchev–Trinajstić information content (AvgIpc) is 3.08. The molecule has 3 aromatic carbocycles. The summed E-state index contributed by atoms with van der Waals surface area (Å²) in [5.74, 6) is -0.945. The van der Waals surface area contributed by atoms with Crippen molar-refractivity contribution in [3.8, 4) is 11.4 Å². The minimum Gasteiger partial charge on any atom is -0.505 e. The molecule has 0 radical (unpaired) electrons. The summed E-state index contributed by atoms with van der Waals surface area (Å²) in [5, 5.41) is 29.1. The zero-order valence-corrected chi connectivity index (χ0v) is 14.6. The van der Waals surface area contributed by atoms with Gasteiger partial charge in [-0.05, 0) is 42.3 Å². The van der Waals surface area contributed by atoms with Gasteiger partial charge in [-0.2, -0.15) is 0 Å². The number of phenols is 1. The summed E-state index contributed by atoms with van der Waals surface area (Å²) >= 11 is 0. The van der Waals surface area contributed by atoms with Gasteiger partial charge in [0.1, 0.15) is 22.5 Å². The summed E-state index contributed by atoms with van der Waals surface area (Å²) in [5.41, 5.74) is 4.34. The molecule has 0 aliphatic rings. The molecule has 2 N–H and O–H groups in total. The van der Waals surface area contributed by atoms with Gasteiger partial charge >= 0.3 is 5.97 Å². The Bertz CT molecular complexity index is 1130. The Balaban J connectivity index is 1.81. The Morgan fingerprint density at radius 3 is 2.26 bits per heavy atom. The van der Waals surface area contributed by atoms with Crippen molar-refractivity contribution in [2.24, 2.45) is 0 Å². The fourth-order valence-electron chi connectivity index (χ4n) is 3.18. The molecule has 0 aliphatic carbocycles. The number of aromatic nitrogens is 3. The highest BCUT2D eigenvalue weighted by atomic mass is 16.4. The van der Waals surface area contributed by atoms with Crippen LogP contribution in [-0.2, 0) is 6.42 Å². The van der Waals surface area contributed by atoms with Crippen LogP contribution in [0.2, 0.25) is 0 Å². The fourth-order valence-corrected chi connectivity index (χ4v) is 3.18. The molecule has 27 heavy (non-hydrogen) atoms. The van der Waals surface area contributed by atoms with Crippen LogP contribution in [0.4, 0.5) is 0 Å². The van der Waals surface area contributed by atoms with Crippen LogP contribution < -0.4 is 0 Å². The van der Waals surface area contributed by atoms with Crippen LogP contribution >= 0.6 is 0 Å². The second-order valence-corrected chi connectivity index (χ2v) is 6.41. The van der Waals surface area contributed by atoms with Crippen molar-refractivity contribution in [3.63, 3.8) is 0 Å². The Morgan fingerprint density at radius 1 is 0.963 bits per heavy atom. The topological polar surface area (TPSA) is 88.2 Å². The summed E-state index contributed by atoms with van der Waals surface area (Å²) in [6.07, 6.45) is 0.295. The SMILES string of the molecule is Cc1cc(Cc2ccccc2C(=O)O)c(O)c(-n2nc3ccccc3n2)c1. The van der Waals surface area contributed by atoms with Gasteiger partial charge in [-0.25, -0.2) is 4.79 Å². The van der Waals surface area contributed by atoms with E-state index in [0.29, 0.717) is 23.2 Å². The van der Waals surface area contributed by atoms with Crippen molar-refractivity contribution in [1.29, 1.82) is 0 Å². The first-order valence-corrected chi connectivity index (χ1v) is 8.49. The second kappa shape index (κ2) is 6.57. The molecule has 0 amide bonds. The van der Waals surface area contributed by atoms with E-state index in [4.69, 9.17) is 0 Å². The van der Waals surface area contributed by atoms with Crippen LogP contribution in [0.15, 0.2) is 60.7 Å². The number of nitrogens with zero attached hydrogens (tertiary/aromatic N) is 3. The van der Waals surface area contributed by atoms with E-state index >= 15 is 0 Å². The summed E-state index contributed by atoms with van der Waals surface area (Å²) in [4.78, 5) is 12.9. The van der Waals surface area contributed by atoms with Crippen LogP contribution in [0.1, 0.15) is 27.0 Å². The molecule has 0 aliphatic heterocycles. The zero-order valence-electron chi connectivity index (χ0n) is 14.6. The molecule has 0 fully saturated rings. The molecular formula is C21H17N3O3. The van der Waals surface area contributed by atoms with Gasteiger partial charge in [0.15, 0.2) is 0 Å². The van der Waals surface area contributed by atoms with Crippen LogP contribution in [0.3, 0.4) is 0 Å². The average molecular weight is 359 g/mol. The van der Waals surface area contributed by atoms with E-state index in [1.165, 1.54) is 4.80 Å². The van der Waals surface area contributed by atoms with E-state index in [1.807, 2.05) is 37.3 Å². The van der Waals surface area contributed by atoms with Gasteiger partial charge in [-0.15, -0.1) is 15.0 Å². The second-order valence-electron chi connectivity index (χ2n) is 6.41. The third kappa shape index (κ3) is 3.13. The van der Waals surface area contributed by atoms with Gasteiger partial charge in [0.25, 0.3) is 0 Å². The molecular weight excluding hydrogens is 342 g/mol. The zero-order chi connectivity index (χ0) is 19.0. The Kier molecular flexibility index (Phi) is 4.08. The summed E-state index contributed by atoms with van der Waals surface area (Å²) in [6, 6.07) is 17.9. The summed E-state index contributed by atoms with van der Waals surface area (Å²) in [6.45, 7) is 1.92. The molecule has 1 heterocycles. The molecule has 0 bridgehead atoms. The van der Waals surface area contributed by atoms with Crippen LogP contribution in [-0.4, -0.2) is 31.2 Å². The third-order valence-electron chi connectivity index (χ3n) is 4.44.